The number of nitrogens with zero attached hydrogens (tertiary/aromatic N) is 3. The quantitative estimate of drug-likeness (QED) is 0.881. The maximum Gasteiger partial charge on any atom is 0.272 e. The molecule has 0 unspecified atom stereocenters. The van der Waals surface area contributed by atoms with Crippen molar-refractivity contribution in [2.75, 3.05) is 18.4 Å². The minimum absolute atomic E-state index is 0.127. The number of nitrogens with one attached hydrogen (secondary N) is 1. The average molecular weight is 367 g/mol. The maximum atomic E-state index is 13.2. The SMILES string of the molecule is CC(C)(C)n1nc(C2CC2)cc1C(=O)N1CCC(Nc2ccccc2)CC1. The molecule has 1 saturated heterocycles. The van der Waals surface area contributed by atoms with E-state index in [1.165, 1.54) is 12.8 Å². The van der Waals surface area contributed by atoms with Crippen molar-refractivity contribution >= 4 is 11.6 Å². The van der Waals surface area contributed by atoms with E-state index in [1.807, 2.05) is 33.8 Å². The summed E-state index contributed by atoms with van der Waals surface area (Å²) in [7, 11) is 0. The van der Waals surface area contributed by atoms with Gasteiger partial charge >= 0.3 is 0 Å². The molecule has 1 amide bonds. The number of carbonyl (C=O) groups excluding carboxylic acids is 1. The first-order valence-corrected chi connectivity index (χ1v) is 10.1. The summed E-state index contributed by atoms with van der Waals surface area (Å²) in [4.78, 5) is 15.2. The largest absolute Gasteiger partial charge is 0.382 e. The minimum Gasteiger partial charge on any atom is -0.382 e. The first kappa shape index (κ1) is 18.1. The molecule has 0 atom stereocenters. The van der Waals surface area contributed by atoms with Gasteiger partial charge in [-0.1, -0.05) is 18.2 Å². The van der Waals surface area contributed by atoms with Gasteiger partial charge in [0.1, 0.15) is 5.69 Å². The third-order valence-corrected chi connectivity index (χ3v) is 5.51. The van der Waals surface area contributed by atoms with Gasteiger partial charge in [0.15, 0.2) is 0 Å². The molecule has 27 heavy (non-hydrogen) atoms. The zero-order chi connectivity index (χ0) is 19.0. The normalized spacial score (nSPS) is 18.6. The average Bonchev–Trinajstić information content (AvgIpc) is 3.40. The van der Waals surface area contributed by atoms with Gasteiger partial charge in [-0.05, 0) is 64.7 Å². The van der Waals surface area contributed by atoms with Crippen molar-refractivity contribution in [1.29, 1.82) is 0 Å². The van der Waals surface area contributed by atoms with Crippen molar-refractivity contribution in [2.45, 2.75) is 64.0 Å². The Hall–Kier alpha value is -2.30. The number of benzene rings is 1. The van der Waals surface area contributed by atoms with Gasteiger partial charge in [-0.25, -0.2) is 0 Å². The van der Waals surface area contributed by atoms with Gasteiger partial charge in [-0.15, -0.1) is 0 Å². The van der Waals surface area contributed by atoms with Crippen molar-refractivity contribution in [2.24, 2.45) is 0 Å². The van der Waals surface area contributed by atoms with Gasteiger partial charge in [-0.3, -0.25) is 9.48 Å². The summed E-state index contributed by atoms with van der Waals surface area (Å²) in [6.07, 6.45) is 4.34. The predicted molar refractivity (Wildman–Crippen MR) is 108 cm³/mol. The van der Waals surface area contributed by atoms with Crippen LogP contribution in [0, 0.1) is 0 Å². The highest BCUT2D eigenvalue weighted by Crippen LogP contribution is 2.40. The Balaban J connectivity index is 1.43. The number of hydrogen-bond acceptors (Lipinski definition) is 3. The Morgan fingerprint density at radius 3 is 2.33 bits per heavy atom. The molecule has 0 radical (unpaired) electrons. The van der Waals surface area contributed by atoms with E-state index in [1.54, 1.807) is 0 Å². The standard InChI is InChI=1S/C22H30N4O/c1-22(2,3)26-20(15-19(24-26)16-9-10-16)21(27)25-13-11-18(12-14-25)23-17-7-5-4-6-8-17/h4-8,15-16,18,23H,9-14H2,1-3H3. The monoisotopic (exact) mass is 366 g/mol. The predicted octanol–water partition coefficient (Wildman–Crippen LogP) is 4.23. The second-order valence-electron chi connectivity index (χ2n) is 8.89. The number of amides is 1. The summed E-state index contributed by atoms with van der Waals surface area (Å²) in [5, 5.41) is 8.37. The van der Waals surface area contributed by atoms with E-state index in [4.69, 9.17) is 5.10 Å². The van der Waals surface area contributed by atoms with Crippen molar-refractivity contribution in [1.82, 2.24) is 14.7 Å². The van der Waals surface area contributed by atoms with Crippen LogP contribution in [0.2, 0.25) is 0 Å². The number of carbonyl (C=O) groups is 1. The molecule has 2 aromatic rings. The highest BCUT2D eigenvalue weighted by molar-refractivity contribution is 5.93. The van der Waals surface area contributed by atoms with Crippen molar-refractivity contribution < 1.29 is 4.79 Å². The molecule has 144 valence electrons. The number of rotatable bonds is 4. The first-order chi connectivity index (χ1) is 12.9. The highest BCUT2D eigenvalue weighted by atomic mass is 16.2. The van der Waals surface area contributed by atoms with Crippen LogP contribution in [0.1, 0.15) is 68.6 Å². The van der Waals surface area contributed by atoms with Gasteiger partial charge in [0, 0.05) is 30.7 Å². The first-order valence-electron chi connectivity index (χ1n) is 10.1. The van der Waals surface area contributed by atoms with Gasteiger partial charge in [0.25, 0.3) is 5.91 Å². The van der Waals surface area contributed by atoms with Crippen LogP contribution in [0.3, 0.4) is 0 Å². The number of hydrogen-bond donors (Lipinski definition) is 1. The maximum absolute atomic E-state index is 13.2. The summed E-state index contributed by atoms with van der Waals surface area (Å²) >= 11 is 0. The molecule has 2 fully saturated rings. The molecule has 4 rings (SSSR count). The Kier molecular flexibility index (Phi) is 4.70. The summed E-state index contributed by atoms with van der Waals surface area (Å²) in [6.45, 7) is 7.92. The van der Waals surface area contributed by atoms with Gasteiger partial charge in [-0.2, -0.15) is 5.10 Å². The second kappa shape index (κ2) is 7.02. The molecule has 0 bridgehead atoms. The van der Waals surface area contributed by atoms with Gasteiger partial charge < -0.3 is 10.2 Å². The Bertz CT molecular complexity index is 793. The van der Waals surface area contributed by atoms with Crippen LogP contribution >= 0.6 is 0 Å². The fraction of sp³-hybridized carbons (Fsp3) is 0.545. The molecular formula is C22H30N4O. The molecule has 0 spiro atoms. The van der Waals surface area contributed by atoms with Crippen LogP contribution in [0.25, 0.3) is 0 Å². The summed E-state index contributed by atoms with van der Waals surface area (Å²) in [5.41, 5.74) is 2.81. The zero-order valence-electron chi connectivity index (χ0n) is 16.6. The Morgan fingerprint density at radius 1 is 1.07 bits per heavy atom. The molecule has 1 aliphatic heterocycles. The van der Waals surface area contributed by atoms with Crippen LogP contribution in [0.5, 0.6) is 0 Å². The lowest BCUT2D eigenvalue weighted by Crippen LogP contribution is -2.43. The number of piperidine rings is 1. The molecule has 2 aliphatic rings. The molecular weight excluding hydrogens is 336 g/mol. The van der Waals surface area contributed by atoms with E-state index >= 15 is 0 Å². The van der Waals surface area contributed by atoms with Crippen LogP contribution in [-0.4, -0.2) is 39.7 Å². The Labute approximate surface area is 161 Å². The van der Waals surface area contributed by atoms with Crippen molar-refractivity contribution in [3.63, 3.8) is 0 Å². The van der Waals surface area contributed by atoms with Crippen LogP contribution in [-0.2, 0) is 5.54 Å². The smallest absolute Gasteiger partial charge is 0.272 e. The van der Waals surface area contributed by atoms with Crippen LogP contribution in [0.4, 0.5) is 5.69 Å². The van der Waals surface area contributed by atoms with Crippen LogP contribution in [0.15, 0.2) is 36.4 Å². The number of likely N-dealkylation sites (tertiary alicyclic amines) is 1. The van der Waals surface area contributed by atoms with Gasteiger partial charge in [0.2, 0.25) is 0 Å². The lowest BCUT2D eigenvalue weighted by Gasteiger charge is -2.33. The topological polar surface area (TPSA) is 50.2 Å². The zero-order valence-corrected chi connectivity index (χ0v) is 16.6. The van der Waals surface area contributed by atoms with E-state index in [-0.39, 0.29) is 11.4 Å². The Morgan fingerprint density at radius 2 is 1.74 bits per heavy atom. The second-order valence-corrected chi connectivity index (χ2v) is 8.89. The molecule has 1 aromatic carbocycles. The summed E-state index contributed by atoms with van der Waals surface area (Å²) in [5.74, 6) is 0.684. The molecule has 1 aromatic heterocycles. The van der Waals surface area contributed by atoms with Crippen LogP contribution < -0.4 is 5.32 Å². The lowest BCUT2D eigenvalue weighted by atomic mass is 10.0. The van der Waals surface area contributed by atoms with E-state index in [0.717, 1.165) is 43.0 Å². The molecule has 1 aliphatic carbocycles. The third-order valence-electron chi connectivity index (χ3n) is 5.51. The highest BCUT2D eigenvalue weighted by Gasteiger charge is 2.33. The molecule has 5 nitrogen and oxygen atoms in total. The minimum atomic E-state index is -0.189. The fourth-order valence-electron chi connectivity index (χ4n) is 3.80. The molecule has 1 N–H and O–H groups in total. The lowest BCUT2D eigenvalue weighted by molar-refractivity contribution is 0.0698. The van der Waals surface area contributed by atoms with Crippen molar-refractivity contribution in [3.05, 3.63) is 47.8 Å². The number of para-hydroxylation sites is 1. The molecule has 2 heterocycles. The van der Waals surface area contributed by atoms with Gasteiger partial charge in [0.05, 0.1) is 11.2 Å². The number of aromatic nitrogens is 2. The summed E-state index contributed by atoms with van der Waals surface area (Å²) in [6, 6.07) is 12.8. The van der Waals surface area contributed by atoms with E-state index in [9.17, 15) is 4.79 Å². The van der Waals surface area contributed by atoms with E-state index in [0.29, 0.717) is 12.0 Å². The van der Waals surface area contributed by atoms with E-state index < -0.39 is 0 Å². The fourth-order valence-corrected chi connectivity index (χ4v) is 3.80. The molecule has 1 saturated carbocycles. The third kappa shape index (κ3) is 4.02. The number of anilines is 1. The molecule has 5 heteroatoms. The summed E-state index contributed by atoms with van der Waals surface area (Å²) < 4.78 is 1.94. The van der Waals surface area contributed by atoms with Crippen molar-refractivity contribution in [3.8, 4) is 0 Å². The van der Waals surface area contributed by atoms with E-state index in [2.05, 4.69) is 38.2 Å².